The normalized spacial score (nSPS) is 11.0. The van der Waals surface area contributed by atoms with Gasteiger partial charge in [-0.2, -0.15) is 0 Å². The van der Waals surface area contributed by atoms with Crippen LogP contribution in [0.4, 0.5) is 0 Å². The molecule has 0 saturated heterocycles. The summed E-state index contributed by atoms with van der Waals surface area (Å²) in [6, 6.07) is 5.50. The standard InChI is InChI=1S/C21H30N2O4S/c1-14(2)10-23(21(24)15(3)4)11-16-13-28-19(22-16)12-27-20-17(25-5)8-7-9-18(20)26-6/h7-9,13-15H,10-12H2,1-6H3. The van der Waals surface area contributed by atoms with Crippen molar-refractivity contribution in [3.8, 4) is 17.2 Å². The summed E-state index contributed by atoms with van der Waals surface area (Å²) in [7, 11) is 3.19. The molecule has 0 atom stereocenters. The smallest absolute Gasteiger partial charge is 0.225 e. The largest absolute Gasteiger partial charge is 0.493 e. The lowest BCUT2D eigenvalue weighted by molar-refractivity contribution is -0.135. The van der Waals surface area contributed by atoms with E-state index in [1.807, 2.05) is 42.3 Å². The lowest BCUT2D eigenvalue weighted by atomic mass is 10.1. The summed E-state index contributed by atoms with van der Waals surface area (Å²) >= 11 is 1.52. The average molecular weight is 407 g/mol. The van der Waals surface area contributed by atoms with E-state index < -0.39 is 0 Å². The van der Waals surface area contributed by atoms with E-state index >= 15 is 0 Å². The molecule has 1 amide bonds. The molecule has 6 nitrogen and oxygen atoms in total. The Kier molecular flexibility index (Phi) is 8.11. The molecular formula is C21H30N2O4S. The maximum absolute atomic E-state index is 12.5. The third kappa shape index (κ3) is 5.86. The van der Waals surface area contributed by atoms with Crippen molar-refractivity contribution in [3.05, 3.63) is 34.3 Å². The minimum atomic E-state index is -0.0294. The van der Waals surface area contributed by atoms with Gasteiger partial charge in [0, 0.05) is 17.8 Å². The first-order valence-corrected chi connectivity index (χ1v) is 10.3. The van der Waals surface area contributed by atoms with Gasteiger partial charge in [-0.3, -0.25) is 4.79 Å². The second-order valence-corrected chi connectivity index (χ2v) is 8.22. The number of thiazole rings is 1. The van der Waals surface area contributed by atoms with Crippen LogP contribution in [0.15, 0.2) is 23.6 Å². The lowest BCUT2D eigenvalue weighted by Crippen LogP contribution is -2.36. The number of amides is 1. The van der Waals surface area contributed by atoms with Crippen LogP contribution in [-0.2, 0) is 17.9 Å². The van der Waals surface area contributed by atoms with Gasteiger partial charge in [-0.05, 0) is 18.1 Å². The van der Waals surface area contributed by atoms with E-state index in [0.29, 0.717) is 36.3 Å². The highest BCUT2D eigenvalue weighted by Gasteiger charge is 2.20. The topological polar surface area (TPSA) is 60.9 Å². The molecule has 0 aliphatic heterocycles. The summed E-state index contributed by atoms with van der Waals surface area (Å²) in [5.41, 5.74) is 0.880. The highest BCUT2D eigenvalue weighted by Crippen LogP contribution is 2.37. The van der Waals surface area contributed by atoms with Gasteiger partial charge in [0.1, 0.15) is 11.6 Å². The van der Waals surface area contributed by atoms with Crippen LogP contribution in [-0.4, -0.2) is 36.6 Å². The number of benzene rings is 1. The number of hydrogen-bond acceptors (Lipinski definition) is 6. The Balaban J connectivity index is 2.07. The molecule has 0 bridgehead atoms. The molecule has 7 heteroatoms. The lowest BCUT2D eigenvalue weighted by Gasteiger charge is -2.25. The minimum Gasteiger partial charge on any atom is -0.493 e. The summed E-state index contributed by atoms with van der Waals surface area (Å²) in [4.78, 5) is 19.0. The number of methoxy groups -OCH3 is 2. The Bertz CT molecular complexity index is 751. The Morgan fingerprint density at radius 1 is 1.14 bits per heavy atom. The molecule has 0 radical (unpaired) electrons. The van der Waals surface area contributed by atoms with E-state index in [0.717, 1.165) is 17.2 Å². The first-order chi connectivity index (χ1) is 13.3. The number of hydrogen-bond donors (Lipinski definition) is 0. The fourth-order valence-electron chi connectivity index (χ4n) is 2.82. The number of carbonyl (C=O) groups excluding carboxylic acids is 1. The molecule has 0 N–H and O–H groups in total. The number of nitrogens with zero attached hydrogens (tertiary/aromatic N) is 2. The SMILES string of the molecule is COc1cccc(OC)c1OCc1nc(CN(CC(C)C)C(=O)C(C)C)cs1. The zero-order valence-corrected chi connectivity index (χ0v) is 18.3. The number of rotatable bonds is 10. The van der Waals surface area contributed by atoms with Crippen LogP contribution >= 0.6 is 11.3 Å². The van der Waals surface area contributed by atoms with Gasteiger partial charge in [0.15, 0.2) is 11.5 Å². The summed E-state index contributed by atoms with van der Waals surface area (Å²) in [6.07, 6.45) is 0. The molecular weight excluding hydrogens is 376 g/mol. The fraction of sp³-hybridized carbons (Fsp3) is 0.524. The third-order valence-corrected chi connectivity index (χ3v) is 4.94. The van der Waals surface area contributed by atoms with Crippen molar-refractivity contribution >= 4 is 17.2 Å². The molecule has 0 saturated carbocycles. The van der Waals surface area contributed by atoms with Gasteiger partial charge in [0.2, 0.25) is 11.7 Å². The van der Waals surface area contributed by atoms with Crippen LogP contribution in [0, 0.1) is 11.8 Å². The van der Waals surface area contributed by atoms with Crippen molar-refractivity contribution in [3.63, 3.8) is 0 Å². The van der Waals surface area contributed by atoms with E-state index in [1.54, 1.807) is 14.2 Å². The first-order valence-electron chi connectivity index (χ1n) is 9.41. The monoisotopic (exact) mass is 406 g/mol. The third-order valence-electron chi connectivity index (χ3n) is 4.07. The maximum atomic E-state index is 12.5. The van der Waals surface area contributed by atoms with Crippen LogP contribution in [0.1, 0.15) is 38.4 Å². The average Bonchev–Trinajstić information content (AvgIpc) is 3.11. The molecule has 0 fully saturated rings. The van der Waals surface area contributed by atoms with Gasteiger partial charge in [-0.25, -0.2) is 4.98 Å². The minimum absolute atomic E-state index is 0.0294. The summed E-state index contributed by atoms with van der Waals surface area (Å²) < 4.78 is 16.6. The fourth-order valence-corrected chi connectivity index (χ4v) is 3.51. The van der Waals surface area contributed by atoms with Crippen molar-refractivity contribution < 1.29 is 19.0 Å². The van der Waals surface area contributed by atoms with Crippen LogP contribution in [0.5, 0.6) is 17.2 Å². The predicted molar refractivity (Wildman–Crippen MR) is 111 cm³/mol. The Morgan fingerprint density at radius 2 is 1.79 bits per heavy atom. The quantitative estimate of drug-likeness (QED) is 0.586. The molecule has 0 aliphatic rings. The highest BCUT2D eigenvalue weighted by atomic mass is 32.1. The first kappa shape index (κ1) is 22.0. The van der Waals surface area contributed by atoms with Crippen molar-refractivity contribution in [2.45, 2.75) is 40.8 Å². The van der Waals surface area contributed by atoms with Crippen molar-refractivity contribution in [2.24, 2.45) is 11.8 Å². The van der Waals surface area contributed by atoms with Gasteiger partial charge < -0.3 is 19.1 Å². The molecule has 0 aliphatic carbocycles. The molecule has 1 heterocycles. The van der Waals surface area contributed by atoms with Crippen LogP contribution < -0.4 is 14.2 Å². The summed E-state index contributed by atoms with van der Waals surface area (Å²) in [5.74, 6) is 2.31. The zero-order valence-electron chi connectivity index (χ0n) is 17.5. The van der Waals surface area contributed by atoms with Gasteiger partial charge in [-0.15, -0.1) is 11.3 Å². The highest BCUT2D eigenvalue weighted by molar-refractivity contribution is 7.09. The Hall–Kier alpha value is -2.28. The zero-order chi connectivity index (χ0) is 20.7. The van der Waals surface area contributed by atoms with E-state index in [4.69, 9.17) is 14.2 Å². The van der Waals surface area contributed by atoms with E-state index in [9.17, 15) is 4.79 Å². The summed E-state index contributed by atoms with van der Waals surface area (Å²) in [5, 5.41) is 2.82. The van der Waals surface area contributed by atoms with Crippen molar-refractivity contribution in [2.75, 3.05) is 20.8 Å². The van der Waals surface area contributed by atoms with Crippen molar-refractivity contribution in [1.82, 2.24) is 9.88 Å². The number of carbonyl (C=O) groups is 1. The van der Waals surface area contributed by atoms with E-state index in [1.165, 1.54) is 11.3 Å². The molecule has 2 aromatic rings. The number of para-hydroxylation sites is 1. The molecule has 28 heavy (non-hydrogen) atoms. The van der Waals surface area contributed by atoms with Crippen LogP contribution in [0.25, 0.3) is 0 Å². The van der Waals surface area contributed by atoms with E-state index in [2.05, 4.69) is 18.8 Å². The molecule has 0 unspecified atom stereocenters. The van der Waals surface area contributed by atoms with Crippen LogP contribution in [0.3, 0.4) is 0 Å². The van der Waals surface area contributed by atoms with Crippen molar-refractivity contribution in [1.29, 1.82) is 0 Å². The van der Waals surface area contributed by atoms with Gasteiger partial charge in [0.05, 0.1) is 26.5 Å². The molecule has 0 spiro atoms. The predicted octanol–water partition coefficient (Wildman–Crippen LogP) is 4.38. The van der Waals surface area contributed by atoms with Gasteiger partial charge in [-0.1, -0.05) is 33.8 Å². The number of ether oxygens (including phenoxy) is 3. The van der Waals surface area contributed by atoms with Gasteiger partial charge in [0.25, 0.3) is 0 Å². The molecule has 2 rings (SSSR count). The maximum Gasteiger partial charge on any atom is 0.225 e. The Morgan fingerprint density at radius 3 is 2.32 bits per heavy atom. The second kappa shape index (κ2) is 10.3. The molecule has 1 aromatic carbocycles. The second-order valence-electron chi connectivity index (χ2n) is 7.28. The molecule has 1 aromatic heterocycles. The van der Waals surface area contributed by atoms with E-state index in [-0.39, 0.29) is 11.8 Å². The van der Waals surface area contributed by atoms with Crippen LogP contribution in [0.2, 0.25) is 0 Å². The molecule has 154 valence electrons. The summed E-state index contributed by atoms with van der Waals surface area (Å²) in [6.45, 7) is 9.63. The van der Waals surface area contributed by atoms with Gasteiger partial charge >= 0.3 is 0 Å². The number of aromatic nitrogens is 1. The Labute approximate surface area is 171 Å².